The summed E-state index contributed by atoms with van der Waals surface area (Å²) in [6, 6.07) is 9.75. The number of ether oxygens (including phenoxy) is 1. The summed E-state index contributed by atoms with van der Waals surface area (Å²) in [7, 11) is 0. The van der Waals surface area contributed by atoms with Crippen LogP contribution in [0.3, 0.4) is 0 Å². The number of nitrogens with one attached hydrogen (secondary N) is 1. The average Bonchev–Trinajstić information content (AvgIpc) is 3.13. The van der Waals surface area contributed by atoms with Crippen molar-refractivity contribution >= 4 is 40.7 Å². The van der Waals surface area contributed by atoms with Crippen LogP contribution in [0.5, 0.6) is 5.75 Å². The van der Waals surface area contributed by atoms with Crippen molar-refractivity contribution in [3.63, 3.8) is 0 Å². The fourth-order valence-electron chi connectivity index (χ4n) is 3.20. The van der Waals surface area contributed by atoms with Crippen molar-refractivity contribution < 1.29 is 19.1 Å². The van der Waals surface area contributed by atoms with E-state index in [4.69, 9.17) is 16.3 Å². The van der Waals surface area contributed by atoms with Crippen molar-refractivity contribution in [2.45, 2.75) is 12.0 Å². The molecule has 1 saturated heterocycles. The Morgan fingerprint density at radius 1 is 1.28 bits per heavy atom. The first-order chi connectivity index (χ1) is 12.0. The van der Waals surface area contributed by atoms with Gasteiger partial charge in [-0.15, -0.1) is 11.3 Å². The SMILES string of the molecule is O=C(CN1C(=O)N[C@]2(CCOc3ccccc32)C1=O)c1ccc(Cl)s1. The number of urea groups is 1. The smallest absolute Gasteiger partial charge is 0.325 e. The lowest BCUT2D eigenvalue weighted by Crippen LogP contribution is -2.47. The van der Waals surface area contributed by atoms with E-state index in [0.717, 1.165) is 16.2 Å². The van der Waals surface area contributed by atoms with Gasteiger partial charge in [0.05, 0.1) is 22.4 Å². The van der Waals surface area contributed by atoms with Crippen molar-refractivity contribution in [3.05, 3.63) is 51.2 Å². The monoisotopic (exact) mass is 376 g/mol. The molecule has 0 saturated carbocycles. The van der Waals surface area contributed by atoms with Gasteiger partial charge in [0, 0.05) is 12.0 Å². The molecule has 1 atom stereocenters. The number of nitrogens with zero attached hydrogens (tertiary/aromatic N) is 1. The van der Waals surface area contributed by atoms with E-state index < -0.39 is 17.5 Å². The van der Waals surface area contributed by atoms with Crippen LogP contribution in [0.1, 0.15) is 21.7 Å². The summed E-state index contributed by atoms with van der Waals surface area (Å²) in [6.45, 7) is -0.00235. The first-order valence-electron chi connectivity index (χ1n) is 7.66. The highest BCUT2D eigenvalue weighted by Gasteiger charge is 2.55. The molecule has 25 heavy (non-hydrogen) atoms. The van der Waals surface area contributed by atoms with Crippen LogP contribution in [0.25, 0.3) is 0 Å². The molecule has 1 aromatic carbocycles. The van der Waals surface area contributed by atoms with Crippen LogP contribution in [0, 0.1) is 0 Å². The Kier molecular flexibility index (Phi) is 3.77. The van der Waals surface area contributed by atoms with Gasteiger partial charge in [-0.2, -0.15) is 0 Å². The van der Waals surface area contributed by atoms with Crippen LogP contribution >= 0.6 is 22.9 Å². The van der Waals surface area contributed by atoms with Crippen molar-refractivity contribution in [3.8, 4) is 5.75 Å². The first-order valence-corrected chi connectivity index (χ1v) is 8.86. The zero-order valence-electron chi connectivity index (χ0n) is 13.0. The Bertz CT molecular complexity index is 896. The molecule has 2 aliphatic heterocycles. The molecule has 6 nitrogen and oxygen atoms in total. The number of carbonyl (C=O) groups is 3. The van der Waals surface area contributed by atoms with Gasteiger partial charge in [-0.3, -0.25) is 14.5 Å². The number of halogens is 1. The van der Waals surface area contributed by atoms with Gasteiger partial charge in [0.1, 0.15) is 5.75 Å². The van der Waals surface area contributed by atoms with Crippen LogP contribution in [-0.2, 0) is 10.3 Å². The number of benzene rings is 1. The third-order valence-electron chi connectivity index (χ3n) is 4.41. The zero-order chi connectivity index (χ0) is 17.6. The predicted molar refractivity (Wildman–Crippen MR) is 92.1 cm³/mol. The Morgan fingerprint density at radius 3 is 2.84 bits per heavy atom. The quantitative estimate of drug-likeness (QED) is 0.660. The average molecular weight is 377 g/mol. The summed E-state index contributed by atoms with van der Waals surface area (Å²) in [5, 5.41) is 2.77. The fourth-order valence-corrected chi connectivity index (χ4v) is 4.17. The third kappa shape index (κ3) is 2.51. The third-order valence-corrected chi connectivity index (χ3v) is 5.68. The van der Waals surface area contributed by atoms with Crippen LogP contribution in [0.4, 0.5) is 4.79 Å². The number of hydrogen-bond donors (Lipinski definition) is 1. The molecule has 3 heterocycles. The van der Waals surface area contributed by atoms with Gasteiger partial charge < -0.3 is 10.1 Å². The van der Waals surface area contributed by atoms with Crippen molar-refractivity contribution in [1.29, 1.82) is 0 Å². The molecule has 0 aliphatic carbocycles. The number of thiophene rings is 1. The molecule has 128 valence electrons. The molecule has 1 spiro atoms. The van der Waals surface area contributed by atoms with E-state index in [9.17, 15) is 14.4 Å². The molecule has 4 rings (SSSR count). The lowest BCUT2D eigenvalue weighted by molar-refractivity contribution is -0.132. The molecule has 3 amide bonds. The Hall–Kier alpha value is -2.38. The van der Waals surface area contributed by atoms with E-state index in [1.165, 1.54) is 0 Å². The Labute approximate surface area is 152 Å². The first kappa shape index (κ1) is 16.1. The molecule has 1 N–H and O–H groups in total. The topological polar surface area (TPSA) is 75.7 Å². The number of carbonyl (C=O) groups excluding carboxylic acids is 3. The molecular formula is C17H13ClN2O4S. The summed E-state index contributed by atoms with van der Waals surface area (Å²) in [5.74, 6) is -0.178. The lowest BCUT2D eigenvalue weighted by atomic mass is 9.84. The highest BCUT2D eigenvalue weighted by Crippen LogP contribution is 2.41. The van der Waals surface area contributed by atoms with E-state index in [1.54, 1.807) is 36.4 Å². The minimum atomic E-state index is -1.17. The minimum Gasteiger partial charge on any atom is -0.493 e. The maximum Gasteiger partial charge on any atom is 0.325 e. The molecule has 0 bridgehead atoms. The van der Waals surface area contributed by atoms with E-state index >= 15 is 0 Å². The second kappa shape index (κ2) is 5.86. The summed E-state index contributed by atoms with van der Waals surface area (Å²) < 4.78 is 6.06. The Morgan fingerprint density at radius 2 is 2.08 bits per heavy atom. The summed E-state index contributed by atoms with van der Waals surface area (Å²) in [5.41, 5.74) is -0.548. The molecular weight excluding hydrogens is 364 g/mol. The molecule has 8 heteroatoms. The number of ketones is 1. The molecule has 2 aliphatic rings. The van der Waals surface area contributed by atoms with Gasteiger partial charge in [0.15, 0.2) is 11.3 Å². The standard InChI is InChI=1S/C17H13ClN2O4S/c18-14-6-5-13(25-14)11(21)9-20-15(22)17(19-16(20)23)7-8-24-12-4-2-1-3-10(12)17/h1-6H,7-9H2,(H,19,23)/t17-/m0/s1. The van der Waals surface area contributed by atoms with Gasteiger partial charge in [-0.05, 0) is 18.2 Å². The van der Waals surface area contributed by atoms with Gasteiger partial charge in [0.25, 0.3) is 5.91 Å². The second-order valence-electron chi connectivity index (χ2n) is 5.85. The van der Waals surface area contributed by atoms with Gasteiger partial charge in [-0.1, -0.05) is 29.8 Å². The van der Waals surface area contributed by atoms with Gasteiger partial charge in [-0.25, -0.2) is 4.79 Å². The highest BCUT2D eigenvalue weighted by atomic mass is 35.5. The van der Waals surface area contributed by atoms with Crippen LogP contribution < -0.4 is 10.1 Å². The van der Waals surface area contributed by atoms with E-state index in [2.05, 4.69) is 5.32 Å². The maximum absolute atomic E-state index is 13.0. The number of rotatable bonds is 3. The molecule has 2 aromatic rings. The molecule has 1 fully saturated rings. The number of para-hydroxylation sites is 1. The predicted octanol–water partition coefficient (Wildman–Crippen LogP) is 2.81. The Balaban J connectivity index is 1.64. The summed E-state index contributed by atoms with van der Waals surface area (Å²) in [6.07, 6.45) is 0.324. The maximum atomic E-state index is 13.0. The number of imide groups is 1. The number of Topliss-reactive ketones (excluding diaryl/α,β-unsaturated/α-hetero) is 1. The summed E-state index contributed by atoms with van der Waals surface area (Å²) >= 11 is 6.97. The van der Waals surface area contributed by atoms with Crippen molar-refractivity contribution in [2.75, 3.05) is 13.2 Å². The van der Waals surface area contributed by atoms with Gasteiger partial charge in [0.2, 0.25) is 0 Å². The number of hydrogen-bond acceptors (Lipinski definition) is 5. The number of fused-ring (bicyclic) bond motifs is 2. The summed E-state index contributed by atoms with van der Waals surface area (Å²) in [4.78, 5) is 39.2. The van der Waals surface area contributed by atoms with Crippen molar-refractivity contribution in [2.24, 2.45) is 0 Å². The number of amides is 3. The fraction of sp³-hybridized carbons (Fsp3) is 0.235. The highest BCUT2D eigenvalue weighted by molar-refractivity contribution is 7.18. The lowest BCUT2D eigenvalue weighted by Gasteiger charge is -2.33. The van der Waals surface area contributed by atoms with Gasteiger partial charge >= 0.3 is 6.03 Å². The van der Waals surface area contributed by atoms with E-state index in [0.29, 0.717) is 33.6 Å². The molecule has 0 unspecified atom stereocenters. The van der Waals surface area contributed by atoms with E-state index in [-0.39, 0.29) is 12.3 Å². The van der Waals surface area contributed by atoms with E-state index in [1.807, 2.05) is 0 Å². The molecule has 0 radical (unpaired) electrons. The second-order valence-corrected chi connectivity index (χ2v) is 7.56. The van der Waals surface area contributed by atoms with Crippen LogP contribution in [0.15, 0.2) is 36.4 Å². The minimum absolute atomic E-state index is 0.311. The largest absolute Gasteiger partial charge is 0.493 e. The zero-order valence-corrected chi connectivity index (χ0v) is 14.5. The van der Waals surface area contributed by atoms with Crippen LogP contribution in [0.2, 0.25) is 4.34 Å². The van der Waals surface area contributed by atoms with Crippen LogP contribution in [-0.4, -0.2) is 35.8 Å². The molecule has 1 aromatic heterocycles. The normalized spacial score (nSPS) is 21.9. The van der Waals surface area contributed by atoms with Crippen molar-refractivity contribution in [1.82, 2.24) is 10.2 Å².